The first kappa shape index (κ1) is 21.1. The van der Waals surface area contributed by atoms with E-state index in [-0.39, 0.29) is 11.7 Å². The molecule has 1 aromatic heterocycles. The summed E-state index contributed by atoms with van der Waals surface area (Å²) < 4.78 is 2.16. The van der Waals surface area contributed by atoms with Crippen molar-refractivity contribution in [3.63, 3.8) is 0 Å². The van der Waals surface area contributed by atoms with Gasteiger partial charge >= 0.3 is 0 Å². The minimum absolute atomic E-state index is 0.110. The van der Waals surface area contributed by atoms with Gasteiger partial charge in [-0.3, -0.25) is 4.79 Å². The average molecular weight is 476 g/mol. The van der Waals surface area contributed by atoms with Crippen LogP contribution in [-0.4, -0.2) is 16.2 Å². The number of carbonyl (C=O) groups excluding carboxylic acids is 1. The molecular weight excluding hydrogens is 459 g/mol. The number of hydrogen-bond donors (Lipinski definition) is 1. The molecule has 3 aromatic carbocycles. The lowest BCUT2D eigenvalue weighted by Gasteiger charge is -2.07. The standard InChI is InChI=1S/C23H17Cl3N2OS/c24-18-7-3-1-5-15(18)12-28-13-22(17-6-2-4-8-21(17)28)30-14-23(29)27-16-9-10-19(25)20(26)11-16/h1-11,13H,12,14H2,(H,27,29). The van der Waals surface area contributed by atoms with Crippen LogP contribution in [0.1, 0.15) is 5.56 Å². The van der Waals surface area contributed by atoms with Crippen LogP contribution in [0.15, 0.2) is 77.8 Å². The van der Waals surface area contributed by atoms with E-state index in [0.29, 0.717) is 22.3 Å². The summed E-state index contributed by atoms with van der Waals surface area (Å²) in [5.74, 6) is 0.168. The molecule has 0 aliphatic rings. The number of carbonyl (C=O) groups is 1. The number of rotatable bonds is 6. The third-order valence-electron chi connectivity index (χ3n) is 4.61. The summed E-state index contributed by atoms with van der Waals surface area (Å²) >= 11 is 19.8. The zero-order valence-corrected chi connectivity index (χ0v) is 18.8. The summed E-state index contributed by atoms with van der Waals surface area (Å²) in [7, 11) is 0. The van der Waals surface area contributed by atoms with Crippen molar-refractivity contribution in [3.8, 4) is 0 Å². The third-order valence-corrected chi connectivity index (χ3v) is 6.76. The lowest BCUT2D eigenvalue weighted by Crippen LogP contribution is -2.13. The highest BCUT2D eigenvalue weighted by atomic mass is 35.5. The first-order valence-corrected chi connectivity index (χ1v) is 11.3. The number of thioether (sulfide) groups is 1. The van der Waals surface area contributed by atoms with Gasteiger partial charge in [0.1, 0.15) is 0 Å². The smallest absolute Gasteiger partial charge is 0.234 e. The van der Waals surface area contributed by atoms with Gasteiger partial charge in [0.2, 0.25) is 5.91 Å². The van der Waals surface area contributed by atoms with Crippen molar-refractivity contribution in [1.82, 2.24) is 4.57 Å². The predicted octanol–water partition coefficient (Wildman–Crippen LogP) is 7.38. The van der Waals surface area contributed by atoms with E-state index in [4.69, 9.17) is 34.8 Å². The molecule has 0 spiro atoms. The Hall–Kier alpha value is -2.11. The molecule has 152 valence electrons. The summed E-state index contributed by atoms with van der Waals surface area (Å²) in [5.41, 5.74) is 2.77. The maximum atomic E-state index is 12.4. The number of fused-ring (bicyclic) bond motifs is 1. The second kappa shape index (κ2) is 9.36. The Morgan fingerprint density at radius 3 is 2.47 bits per heavy atom. The Kier molecular flexibility index (Phi) is 6.59. The molecule has 0 saturated carbocycles. The number of halogens is 3. The average Bonchev–Trinajstić information content (AvgIpc) is 3.09. The molecule has 4 rings (SSSR count). The van der Waals surface area contributed by atoms with Crippen LogP contribution >= 0.6 is 46.6 Å². The van der Waals surface area contributed by atoms with Gasteiger partial charge in [0.05, 0.1) is 15.8 Å². The van der Waals surface area contributed by atoms with E-state index in [1.807, 2.05) is 36.4 Å². The van der Waals surface area contributed by atoms with Crippen LogP contribution in [0.4, 0.5) is 5.69 Å². The first-order chi connectivity index (χ1) is 14.5. The third kappa shape index (κ3) is 4.79. The van der Waals surface area contributed by atoms with Gasteiger partial charge in [-0.25, -0.2) is 0 Å². The molecule has 0 radical (unpaired) electrons. The summed E-state index contributed by atoms with van der Waals surface area (Å²) in [5, 5.41) is 5.57. The maximum absolute atomic E-state index is 12.4. The molecule has 7 heteroatoms. The fourth-order valence-electron chi connectivity index (χ4n) is 3.18. The molecule has 0 atom stereocenters. The minimum atomic E-state index is -0.110. The van der Waals surface area contributed by atoms with Crippen LogP contribution in [-0.2, 0) is 11.3 Å². The Morgan fingerprint density at radius 1 is 0.900 bits per heavy atom. The fourth-order valence-corrected chi connectivity index (χ4v) is 4.57. The summed E-state index contributed by atoms with van der Waals surface area (Å²) in [6.07, 6.45) is 2.07. The van der Waals surface area contributed by atoms with E-state index in [2.05, 4.69) is 28.2 Å². The molecule has 0 fully saturated rings. The maximum Gasteiger partial charge on any atom is 0.234 e. The quantitative estimate of drug-likeness (QED) is 0.295. The molecule has 1 N–H and O–H groups in total. The largest absolute Gasteiger partial charge is 0.342 e. The lowest BCUT2D eigenvalue weighted by atomic mass is 10.2. The van der Waals surface area contributed by atoms with Crippen LogP contribution < -0.4 is 5.32 Å². The normalized spacial score (nSPS) is 11.0. The Labute approximate surface area is 193 Å². The van der Waals surface area contributed by atoms with Crippen molar-refractivity contribution in [1.29, 1.82) is 0 Å². The Bertz CT molecular complexity index is 1220. The van der Waals surface area contributed by atoms with Crippen LogP contribution in [0.25, 0.3) is 10.9 Å². The number of nitrogens with one attached hydrogen (secondary N) is 1. The van der Waals surface area contributed by atoms with Gasteiger partial charge in [-0.1, -0.05) is 71.2 Å². The number of para-hydroxylation sites is 1. The van der Waals surface area contributed by atoms with E-state index in [1.165, 1.54) is 11.8 Å². The molecule has 1 amide bonds. The SMILES string of the molecule is O=C(CSc1cn(Cc2ccccc2Cl)c2ccccc12)Nc1ccc(Cl)c(Cl)c1. The summed E-state index contributed by atoms with van der Waals surface area (Å²) in [6.45, 7) is 0.663. The summed E-state index contributed by atoms with van der Waals surface area (Å²) in [6, 6.07) is 21.0. The molecule has 0 aliphatic heterocycles. The topological polar surface area (TPSA) is 34.0 Å². The first-order valence-electron chi connectivity index (χ1n) is 9.20. The Balaban J connectivity index is 1.51. The van der Waals surface area contributed by atoms with Gasteiger partial charge in [-0.2, -0.15) is 0 Å². The number of amides is 1. The van der Waals surface area contributed by atoms with Gasteiger partial charge in [0, 0.05) is 39.3 Å². The van der Waals surface area contributed by atoms with Gasteiger partial charge in [-0.15, -0.1) is 11.8 Å². The van der Waals surface area contributed by atoms with Crippen molar-refractivity contribution in [2.24, 2.45) is 0 Å². The lowest BCUT2D eigenvalue weighted by molar-refractivity contribution is -0.113. The fraction of sp³-hybridized carbons (Fsp3) is 0.0870. The molecule has 4 aromatic rings. The van der Waals surface area contributed by atoms with Gasteiger partial charge < -0.3 is 9.88 Å². The highest BCUT2D eigenvalue weighted by Gasteiger charge is 2.12. The molecule has 1 heterocycles. The molecule has 0 aliphatic carbocycles. The van der Waals surface area contributed by atoms with Crippen LogP contribution in [0.3, 0.4) is 0 Å². The highest BCUT2D eigenvalue weighted by Crippen LogP contribution is 2.31. The number of benzene rings is 3. The second-order valence-electron chi connectivity index (χ2n) is 6.70. The van der Waals surface area contributed by atoms with Crippen molar-refractivity contribution < 1.29 is 4.79 Å². The Morgan fingerprint density at radius 2 is 1.67 bits per heavy atom. The van der Waals surface area contributed by atoms with Crippen molar-refractivity contribution in [3.05, 3.63) is 93.6 Å². The molecule has 30 heavy (non-hydrogen) atoms. The number of aromatic nitrogens is 1. The summed E-state index contributed by atoms with van der Waals surface area (Å²) in [4.78, 5) is 13.5. The highest BCUT2D eigenvalue weighted by molar-refractivity contribution is 8.00. The van der Waals surface area contributed by atoms with E-state index in [1.54, 1.807) is 18.2 Å². The van der Waals surface area contributed by atoms with E-state index < -0.39 is 0 Å². The monoisotopic (exact) mass is 474 g/mol. The molecular formula is C23H17Cl3N2OS. The zero-order chi connectivity index (χ0) is 21.1. The molecule has 0 unspecified atom stereocenters. The van der Waals surface area contributed by atoms with Gasteiger partial charge in [0.15, 0.2) is 0 Å². The van der Waals surface area contributed by atoms with Crippen LogP contribution in [0, 0.1) is 0 Å². The molecule has 0 saturated heterocycles. The second-order valence-corrected chi connectivity index (χ2v) is 8.93. The van der Waals surface area contributed by atoms with E-state index >= 15 is 0 Å². The van der Waals surface area contributed by atoms with E-state index in [0.717, 1.165) is 26.4 Å². The van der Waals surface area contributed by atoms with Crippen molar-refractivity contribution in [2.45, 2.75) is 11.4 Å². The van der Waals surface area contributed by atoms with Crippen LogP contribution in [0.5, 0.6) is 0 Å². The van der Waals surface area contributed by atoms with Crippen LogP contribution in [0.2, 0.25) is 15.1 Å². The van der Waals surface area contributed by atoms with Gasteiger partial charge in [-0.05, 0) is 35.9 Å². The van der Waals surface area contributed by atoms with Gasteiger partial charge in [0.25, 0.3) is 0 Å². The molecule has 0 bridgehead atoms. The predicted molar refractivity (Wildman–Crippen MR) is 128 cm³/mol. The minimum Gasteiger partial charge on any atom is -0.342 e. The van der Waals surface area contributed by atoms with E-state index in [9.17, 15) is 4.79 Å². The number of anilines is 1. The number of hydrogen-bond acceptors (Lipinski definition) is 2. The zero-order valence-electron chi connectivity index (χ0n) is 15.7. The van der Waals surface area contributed by atoms with Crippen molar-refractivity contribution in [2.75, 3.05) is 11.1 Å². The van der Waals surface area contributed by atoms with Crippen molar-refractivity contribution >= 4 is 69.1 Å². The number of nitrogens with zero attached hydrogens (tertiary/aromatic N) is 1. The molecule has 3 nitrogen and oxygen atoms in total.